The number of ether oxygens (including phenoxy) is 2. The van der Waals surface area contributed by atoms with E-state index in [2.05, 4.69) is 201 Å². The normalized spacial score (nSPS) is 17.1. The van der Waals surface area contributed by atoms with Crippen LogP contribution in [0.4, 0.5) is 0 Å². The molecule has 2 nitrogen and oxygen atoms in total. The standard InChI is InChI=1S/C58H48O2/c1-55(2)41-19-11-9-15-39(41)49-43(55)27-29-47-53(49)59-51-37(17-13-21-45(51)57(47,5)6)35-25-23-34-32-36(26-24-33(34)31-35)38-18-14-22-46-52(38)60-54-48(58(46,7)8)30-28-44-50(54)40-16-10-12-20-42(40)56(44,3)4/h9-32H,1-8H3. The van der Waals surface area contributed by atoms with Gasteiger partial charge in [0.25, 0.3) is 0 Å². The van der Waals surface area contributed by atoms with E-state index in [1.165, 1.54) is 77.5 Å². The summed E-state index contributed by atoms with van der Waals surface area (Å²) in [5.74, 6) is 3.90. The molecule has 0 bridgehead atoms. The molecule has 292 valence electrons. The van der Waals surface area contributed by atoms with Crippen molar-refractivity contribution in [1.29, 1.82) is 0 Å². The van der Waals surface area contributed by atoms with Gasteiger partial charge in [0.2, 0.25) is 0 Å². The highest BCUT2D eigenvalue weighted by molar-refractivity contribution is 5.95. The topological polar surface area (TPSA) is 18.5 Å². The van der Waals surface area contributed by atoms with E-state index in [-0.39, 0.29) is 21.7 Å². The van der Waals surface area contributed by atoms with E-state index in [4.69, 9.17) is 9.47 Å². The molecule has 0 amide bonds. The summed E-state index contributed by atoms with van der Waals surface area (Å²) in [7, 11) is 0. The summed E-state index contributed by atoms with van der Waals surface area (Å²) >= 11 is 0. The number of hydrogen-bond acceptors (Lipinski definition) is 2. The van der Waals surface area contributed by atoms with Crippen molar-refractivity contribution in [2.45, 2.75) is 77.0 Å². The summed E-state index contributed by atoms with van der Waals surface area (Å²) in [6.45, 7) is 18.7. The summed E-state index contributed by atoms with van der Waals surface area (Å²) in [6.07, 6.45) is 0. The van der Waals surface area contributed by atoms with Gasteiger partial charge in [0.05, 0.1) is 0 Å². The van der Waals surface area contributed by atoms with Crippen LogP contribution >= 0.6 is 0 Å². The number of benzene rings is 8. The Morgan fingerprint density at radius 3 is 1.05 bits per heavy atom. The maximum Gasteiger partial charge on any atom is 0.139 e. The van der Waals surface area contributed by atoms with Crippen LogP contribution in [0.5, 0.6) is 23.0 Å². The number of rotatable bonds is 2. The van der Waals surface area contributed by atoms with Crippen molar-refractivity contribution in [2.75, 3.05) is 0 Å². The van der Waals surface area contributed by atoms with Crippen molar-refractivity contribution in [3.05, 3.63) is 190 Å². The van der Waals surface area contributed by atoms with Crippen molar-refractivity contribution in [3.63, 3.8) is 0 Å². The molecule has 0 N–H and O–H groups in total. The molecular weight excluding hydrogens is 729 g/mol. The van der Waals surface area contributed by atoms with E-state index in [0.717, 1.165) is 45.3 Å². The number of para-hydroxylation sites is 2. The maximum atomic E-state index is 7.22. The van der Waals surface area contributed by atoms with Gasteiger partial charge in [-0.3, -0.25) is 0 Å². The van der Waals surface area contributed by atoms with Gasteiger partial charge in [-0.05, 0) is 67.4 Å². The second-order valence-corrected chi connectivity index (χ2v) is 19.7. The first-order valence-corrected chi connectivity index (χ1v) is 21.5. The summed E-state index contributed by atoms with van der Waals surface area (Å²) in [4.78, 5) is 0. The van der Waals surface area contributed by atoms with Crippen LogP contribution in [-0.4, -0.2) is 0 Å². The van der Waals surface area contributed by atoms with Crippen molar-refractivity contribution < 1.29 is 9.47 Å². The molecule has 0 radical (unpaired) electrons. The van der Waals surface area contributed by atoms with Gasteiger partial charge in [-0.15, -0.1) is 0 Å². The lowest BCUT2D eigenvalue weighted by atomic mass is 9.73. The first-order chi connectivity index (χ1) is 28.8. The van der Waals surface area contributed by atoms with Gasteiger partial charge >= 0.3 is 0 Å². The largest absolute Gasteiger partial charge is 0.455 e. The fourth-order valence-electron chi connectivity index (χ4n) is 11.5. The van der Waals surface area contributed by atoms with Crippen molar-refractivity contribution in [3.8, 4) is 67.5 Å². The molecule has 0 saturated heterocycles. The zero-order chi connectivity index (χ0) is 41.1. The zero-order valence-corrected chi connectivity index (χ0v) is 35.7. The van der Waals surface area contributed by atoms with E-state index >= 15 is 0 Å². The molecule has 0 atom stereocenters. The predicted octanol–water partition coefficient (Wildman–Crippen LogP) is 15.6. The average molecular weight is 777 g/mol. The third-order valence-electron chi connectivity index (χ3n) is 15.0. The van der Waals surface area contributed by atoms with Gasteiger partial charge in [-0.1, -0.05) is 189 Å². The lowest BCUT2D eigenvalue weighted by Crippen LogP contribution is -2.25. The molecule has 0 aromatic heterocycles. The van der Waals surface area contributed by atoms with Crippen molar-refractivity contribution in [2.24, 2.45) is 0 Å². The number of fused-ring (bicyclic) bond motifs is 13. The third-order valence-corrected chi connectivity index (χ3v) is 15.0. The molecule has 60 heavy (non-hydrogen) atoms. The van der Waals surface area contributed by atoms with Crippen molar-refractivity contribution in [1.82, 2.24) is 0 Å². The predicted molar refractivity (Wildman–Crippen MR) is 247 cm³/mol. The molecule has 2 heteroatoms. The fourth-order valence-corrected chi connectivity index (χ4v) is 11.5. The minimum absolute atomic E-state index is 0.0965. The Morgan fingerprint density at radius 1 is 0.283 bits per heavy atom. The molecule has 12 rings (SSSR count). The Balaban J connectivity index is 0.948. The van der Waals surface area contributed by atoms with E-state index in [0.29, 0.717) is 0 Å². The quantitative estimate of drug-likeness (QED) is 0.174. The van der Waals surface area contributed by atoms with Crippen LogP contribution < -0.4 is 9.47 Å². The first kappa shape index (κ1) is 35.6. The Labute approximate surface area is 353 Å². The van der Waals surface area contributed by atoms with Gasteiger partial charge in [0, 0.05) is 66.2 Å². The molecule has 2 aliphatic carbocycles. The van der Waals surface area contributed by atoms with Crippen LogP contribution in [-0.2, 0) is 21.7 Å². The van der Waals surface area contributed by atoms with E-state index in [9.17, 15) is 0 Å². The van der Waals surface area contributed by atoms with E-state index < -0.39 is 0 Å². The highest BCUT2D eigenvalue weighted by Gasteiger charge is 2.45. The molecule has 2 aliphatic heterocycles. The molecule has 0 unspecified atom stereocenters. The zero-order valence-electron chi connectivity index (χ0n) is 35.7. The van der Waals surface area contributed by atoms with Gasteiger partial charge in [-0.2, -0.15) is 0 Å². The van der Waals surface area contributed by atoms with Gasteiger partial charge in [0.1, 0.15) is 23.0 Å². The van der Waals surface area contributed by atoms with Crippen LogP contribution in [0.25, 0.3) is 55.3 Å². The van der Waals surface area contributed by atoms with Gasteiger partial charge < -0.3 is 9.47 Å². The SMILES string of the molecule is CC1(C)c2cccc(-c3ccc4cc(-c5cccc6c5Oc5c(ccc7c5-c5ccccc5C7(C)C)C6(C)C)ccc4c3)c2Oc2c1ccc1c2-c2ccccc2C1(C)C. The second-order valence-electron chi connectivity index (χ2n) is 19.7. The minimum Gasteiger partial charge on any atom is -0.455 e. The lowest BCUT2D eigenvalue weighted by molar-refractivity contribution is 0.420. The van der Waals surface area contributed by atoms with Crippen LogP contribution in [0, 0.1) is 0 Å². The summed E-state index contributed by atoms with van der Waals surface area (Å²) in [5.41, 5.74) is 19.2. The summed E-state index contributed by atoms with van der Waals surface area (Å²) in [6, 6.07) is 54.1. The molecule has 2 heterocycles. The molecule has 0 fully saturated rings. The summed E-state index contributed by atoms with van der Waals surface area (Å²) < 4.78 is 14.4. The second kappa shape index (κ2) is 11.7. The number of hydrogen-bond donors (Lipinski definition) is 0. The minimum atomic E-state index is -0.243. The van der Waals surface area contributed by atoms with Gasteiger partial charge in [-0.25, -0.2) is 0 Å². The van der Waals surface area contributed by atoms with Crippen LogP contribution in [0.3, 0.4) is 0 Å². The maximum absolute atomic E-state index is 7.22. The third kappa shape index (κ3) is 4.49. The Kier molecular flexibility index (Phi) is 6.91. The smallest absolute Gasteiger partial charge is 0.139 e. The molecular formula is C58H48O2. The first-order valence-electron chi connectivity index (χ1n) is 21.5. The average Bonchev–Trinajstić information content (AvgIpc) is 3.63. The van der Waals surface area contributed by atoms with Crippen molar-refractivity contribution >= 4 is 10.8 Å². The Morgan fingerprint density at radius 2 is 0.617 bits per heavy atom. The highest BCUT2D eigenvalue weighted by atomic mass is 16.5. The fraction of sp³-hybridized carbons (Fsp3) is 0.207. The highest BCUT2D eigenvalue weighted by Crippen LogP contribution is 2.61. The van der Waals surface area contributed by atoms with Crippen LogP contribution in [0.15, 0.2) is 146 Å². The van der Waals surface area contributed by atoms with E-state index in [1.807, 2.05) is 0 Å². The molecule has 0 spiro atoms. The van der Waals surface area contributed by atoms with Crippen LogP contribution in [0.2, 0.25) is 0 Å². The van der Waals surface area contributed by atoms with Crippen LogP contribution in [0.1, 0.15) is 99.9 Å². The summed E-state index contributed by atoms with van der Waals surface area (Å²) in [5, 5.41) is 2.38. The Bertz CT molecular complexity index is 2990. The molecule has 8 aromatic carbocycles. The van der Waals surface area contributed by atoms with Gasteiger partial charge in [0.15, 0.2) is 0 Å². The molecule has 4 aliphatic rings. The Hall–Kier alpha value is -6.38. The monoisotopic (exact) mass is 776 g/mol. The van der Waals surface area contributed by atoms with E-state index in [1.54, 1.807) is 0 Å². The molecule has 8 aromatic rings. The lowest BCUT2D eigenvalue weighted by Gasteiger charge is -2.37. The molecule has 0 saturated carbocycles.